The third-order valence-electron chi connectivity index (χ3n) is 4.51. The Balaban J connectivity index is 1.81. The maximum atomic E-state index is 13.7. The van der Waals surface area contributed by atoms with Gasteiger partial charge in [-0.3, -0.25) is 0 Å². The summed E-state index contributed by atoms with van der Waals surface area (Å²) < 4.78 is 13.7. The standard InChI is InChI=1S/C19H31FN4/c1-3-11-24-12-9-16(10-13-24)14-22-19(21-4-2)23-15-17-7-5-6-8-18(17)20/h5-8,16H,3-4,9-15H2,1-2H3,(H2,21,22,23). The number of halogens is 1. The van der Waals surface area contributed by atoms with Crippen molar-refractivity contribution in [3.05, 3.63) is 35.6 Å². The van der Waals surface area contributed by atoms with Crippen molar-refractivity contribution >= 4 is 5.96 Å². The fraction of sp³-hybridized carbons (Fsp3) is 0.632. The first-order valence-electron chi connectivity index (χ1n) is 9.20. The summed E-state index contributed by atoms with van der Waals surface area (Å²) in [5.74, 6) is 1.27. The second-order valence-electron chi connectivity index (χ2n) is 6.45. The summed E-state index contributed by atoms with van der Waals surface area (Å²) in [7, 11) is 0. The van der Waals surface area contributed by atoms with Crippen LogP contribution in [0.1, 0.15) is 38.7 Å². The molecule has 0 aromatic heterocycles. The normalized spacial score (nSPS) is 17.0. The first-order chi connectivity index (χ1) is 11.7. The number of aliphatic imine (C=N–C) groups is 1. The first-order valence-corrected chi connectivity index (χ1v) is 9.20. The molecule has 1 aromatic rings. The Morgan fingerprint density at radius 2 is 1.96 bits per heavy atom. The minimum atomic E-state index is -0.194. The van der Waals surface area contributed by atoms with Crippen LogP contribution in [0.25, 0.3) is 0 Å². The predicted octanol–water partition coefficient (Wildman–Crippen LogP) is 3.00. The van der Waals surface area contributed by atoms with E-state index in [0.29, 0.717) is 18.0 Å². The molecular formula is C19H31FN4. The highest BCUT2D eigenvalue weighted by molar-refractivity contribution is 5.79. The average Bonchev–Trinajstić information content (AvgIpc) is 2.60. The maximum Gasteiger partial charge on any atom is 0.191 e. The third-order valence-corrected chi connectivity index (χ3v) is 4.51. The quantitative estimate of drug-likeness (QED) is 0.595. The van der Waals surface area contributed by atoms with Gasteiger partial charge in [0.15, 0.2) is 5.96 Å². The number of benzene rings is 1. The second-order valence-corrected chi connectivity index (χ2v) is 6.45. The van der Waals surface area contributed by atoms with E-state index < -0.39 is 0 Å². The predicted molar refractivity (Wildman–Crippen MR) is 98.7 cm³/mol. The topological polar surface area (TPSA) is 39.7 Å². The highest BCUT2D eigenvalue weighted by Gasteiger charge is 2.18. The van der Waals surface area contributed by atoms with E-state index in [9.17, 15) is 4.39 Å². The molecule has 1 aromatic carbocycles. The first kappa shape index (κ1) is 18.7. The second kappa shape index (κ2) is 10.3. The molecule has 0 unspecified atom stereocenters. The van der Waals surface area contributed by atoms with E-state index in [0.717, 1.165) is 19.0 Å². The van der Waals surface area contributed by atoms with Gasteiger partial charge in [0.2, 0.25) is 0 Å². The molecule has 1 heterocycles. The SMILES string of the molecule is CCCN1CCC(CNC(=NCc2ccccc2F)NCC)CC1. The van der Waals surface area contributed by atoms with Crippen LogP contribution in [0.4, 0.5) is 4.39 Å². The summed E-state index contributed by atoms with van der Waals surface area (Å²) in [6, 6.07) is 6.82. The Labute approximate surface area is 145 Å². The Morgan fingerprint density at radius 3 is 2.62 bits per heavy atom. The summed E-state index contributed by atoms with van der Waals surface area (Å²) in [6.07, 6.45) is 3.70. The van der Waals surface area contributed by atoms with Crippen LogP contribution in [0.5, 0.6) is 0 Å². The minimum absolute atomic E-state index is 0.194. The highest BCUT2D eigenvalue weighted by Crippen LogP contribution is 2.16. The molecule has 2 rings (SSSR count). The highest BCUT2D eigenvalue weighted by atomic mass is 19.1. The molecule has 1 saturated heterocycles. The zero-order valence-corrected chi connectivity index (χ0v) is 15.0. The molecule has 0 aliphatic carbocycles. The molecule has 1 aliphatic heterocycles. The largest absolute Gasteiger partial charge is 0.357 e. The van der Waals surface area contributed by atoms with E-state index in [-0.39, 0.29) is 5.82 Å². The summed E-state index contributed by atoms with van der Waals surface area (Å²) >= 11 is 0. The van der Waals surface area contributed by atoms with E-state index in [1.54, 1.807) is 12.1 Å². The lowest BCUT2D eigenvalue weighted by Crippen LogP contribution is -2.43. The van der Waals surface area contributed by atoms with Crippen LogP contribution in [-0.4, -0.2) is 43.6 Å². The molecule has 1 fully saturated rings. The summed E-state index contributed by atoms with van der Waals surface area (Å²) in [5, 5.41) is 6.67. The van der Waals surface area contributed by atoms with Crippen LogP contribution >= 0.6 is 0 Å². The molecular weight excluding hydrogens is 303 g/mol. The molecule has 0 amide bonds. The van der Waals surface area contributed by atoms with Crippen LogP contribution in [0, 0.1) is 11.7 Å². The molecule has 24 heavy (non-hydrogen) atoms. The number of nitrogens with one attached hydrogen (secondary N) is 2. The number of piperidine rings is 1. The van der Waals surface area contributed by atoms with Gasteiger partial charge in [-0.05, 0) is 57.8 Å². The lowest BCUT2D eigenvalue weighted by Gasteiger charge is -2.32. The molecule has 0 bridgehead atoms. The minimum Gasteiger partial charge on any atom is -0.357 e. The summed E-state index contributed by atoms with van der Waals surface area (Å²) in [5.41, 5.74) is 0.627. The van der Waals surface area contributed by atoms with Gasteiger partial charge >= 0.3 is 0 Å². The number of likely N-dealkylation sites (tertiary alicyclic amines) is 1. The van der Waals surface area contributed by atoms with E-state index in [4.69, 9.17) is 0 Å². The number of hydrogen-bond donors (Lipinski definition) is 2. The van der Waals surface area contributed by atoms with Crippen molar-refractivity contribution < 1.29 is 4.39 Å². The van der Waals surface area contributed by atoms with Gasteiger partial charge in [0.25, 0.3) is 0 Å². The molecule has 134 valence electrons. The lowest BCUT2D eigenvalue weighted by molar-refractivity contribution is 0.185. The van der Waals surface area contributed by atoms with Crippen molar-refractivity contribution in [2.75, 3.05) is 32.7 Å². The fourth-order valence-corrected chi connectivity index (χ4v) is 3.10. The van der Waals surface area contributed by atoms with Crippen molar-refractivity contribution in [3.63, 3.8) is 0 Å². The van der Waals surface area contributed by atoms with Gasteiger partial charge in [0.1, 0.15) is 5.82 Å². The Kier molecular flexibility index (Phi) is 8.02. The smallest absolute Gasteiger partial charge is 0.191 e. The number of guanidine groups is 1. The fourth-order valence-electron chi connectivity index (χ4n) is 3.10. The molecule has 5 heteroatoms. The van der Waals surface area contributed by atoms with Gasteiger partial charge in [-0.1, -0.05) is 25.1 Å². The van der Waals surface area contributed by atoms with Crippen LogP contribution < -0.4 is 10.6 Å². The van der Waals surface area contributed by atoms with Crippen molar-refractivity contribution in [2.24, 2.45) is 10.9 Å². The average molecular weight is 334 g/mol. The monoisotopic (exact) mass is 334 g/mol. The summed E-state index contributed by atoms with van der Waals surface area (Å²) in [6.45, 7) is 9.99. The van der Waals surface area contributed by atoms with Gasteiger partial charge in [0.05, 0.1) is 6.54 Å². The van der Waals surface area contributed by atoms with Gasteiger partial charge < -0.3 is 15.5 Å². The Bertz CT molecular complexity index is 510. The molecule has 0 atom stereocenters. The van der Waals surface area contributed by atoms with Crippen molar-refractivity contribution in [1.82, 2.24) is 15.5 Å². The van der Waals surface area contributed by atoms with Gasteiger partial charge in [-0.15, -0.1) is 0 Å². The molecule has 2 N–H and O–H groups in total. The number of nitrogens with zero attached hydrogens (tertiary/aromatic N) is 2. The maximum absolute atomic E-state index is 13.7. The van der Waals surface area contributed by atoms with E-state index >= 15 is 0 Å². The zero-order valence-electron chi connectivity index (χ0n) is 15.0. The molecule has 1 aliphatic rings. The summed E-state index contributed by atoms with van der Waals surface area (Å²) in [4.78, 5) is 7.07. The van der Waals surface area contributed by atoms with Gasteiger partial charge in [-0.25, -0.2) is 9.38 Å². The lowest BCUT2D eigenvalue weighted by atomic mass is 9.97. The molecule has 4 nitrogen and oxygen atoms in total. The molecule has 0 radical (unpaired) electrons. The van der Waals surface area contributed by atoms with Crippen LogP contribution in [0.2, 0.25) is 0 Å². The number of rotatable bonds is 7. The van der Waals surface area contributed by atoms with Crippen molar-refractivity contribution in [1.29, 1.82) is 0 Å². The van der Waals surface area contributed by atoms with Crippen molar-refractivity contribution in [3.8, 4) is 0 Å². The van der Waals surface area contributed by atoms with Gasteiger partial charge in [-0.2, -0.15) is 0 Å². The Hall–Kier alpha value is -1.62. The van der Waals surface area contributed by atoms with E-state index in [2.05, 4.69) is 27.4 Å². The third kappa shape index (κ3) is 6.11. The van der Waals surface area contributed by atoms with E-state index in [1.165, 1.54) is 45.0 Å². The van der Waals surface area contributed by atoms with Crippen molar-refractivity contribution in [2.45, 2.75) is 39.7 Å². The number of hydrogen-bond acceptors (Lipinski definition) is 2. The molecule has 0 spiro atoms. The van der Waals surface area contributed by atoms with E-state index in [1.807, 2.05) is 13.0 Å². The van der Waals surface area contributed by atoms with Gasteiger partial charge in [0, 0.05) is 18.7 Å². The Morgan fingerprint density at radius 1 is 1.21 bits per heavy atom. The zero-order chi connectivity index (χ0) is 17.2. The van der Waals surface area contributed by atoms with Crippen LogP contribution in [-0.2, 0) is 6.54 Å². The van der Waals surface area contributed by atoms with Crippen LogP contribution in [0.15, 0.2) is 29.3 Å². The van der Waals surface area contributed by atoms with Crippen LogP contribution in [0.3, 0.4) is 0 Å². The molecule has 0 saturated carbocycles.